The van der Waals surface area contributed by atoms with Gasteiger partial charge in [0.25, 0.3) is 5.91 Å². The number of nitrogens with zero attached hydrogens (tertiary/aromatic N) is 4. The molecule has 0 bridgehead atoms. The molecule has 10 nitrogen and oxygen atoms in total. The summed E-state index contributed by atoms with van der Waals surface area (Å²) in [6.07, 6.45) is 0.818. The van der Waals surface area contributed by atoms with Gasteiger partial charge in [-0.1, -0.05) is 6.07 Å². The summed E-state index contributed by atoms with van der Waals surface area (Å²) in [6, 6.07) is 2.52. The highest BCUT2D eigenvalue weighted by Gasteiger charge is 2.51. The van der Waals surface area contributed by atoms with Gasteiger partial charge < -0.3 is 24.7 Å². The normalized spacial score (nSPS) is 20.3. The van der Waals surface area contributed by atoms with Crippen LogP contribution < -0.4 is 10.6 Å². The number of pyridine rings is 1. The molecule has 15 heteroatoms. The number of benzene rings is 1. The number of carbonyl (C=O) groups excluding carboxylic acids is 2. The second-order valence-electron chi connectivity index (χ2n) is 11.8. The molecule has 6 rings (SSSR count). The van der Waals surface area contributed by atoms with E-state index in [-0.39, 0.29) is 46.9 Å². The molecule has 1 aromatic carbocycles. The van der Waals surface area contributed by atoms with Crippen LogP contribution in [-0.2, 0) is 15.5 Å². The zero-order valence-corrected chi connectivity index (χ0v) is 24.0. The van der Waals surface area contributed by atoms with Crippen molar-refractivity contribution in [2.75, 3.05) is 20.3 Å². The van der Waals surface area contributed by atoms with Gasteiger partial charge in [0.05, 0.1) is 30.3 Å². The third kappa shape index (κ3) is 6.15. The number of carbonyl (C=O) groups is 2. The van der Waals surface area contributed by atoms with Gasteiger partial charge >= 0.3 is 18.1 Å². The number of nitriles is 1. The number of hydrogen-bond acceptors (Lipinski definition) is 7. The first-order chi connectivity index (χ1) is 21.4. The lowest BCUT2D eigenvalue weighted by atomic mass is 9.89. The molecule has 0 spiro atoms. The molecular weight excluding hydrogens is 603 g/mol. The molecule has 238 valence electrons. The molecule has 0 unspecified atom stereocenters. The highest BCUT2D eigenvalue weighted by molar-refractivity contribution is 5.85. The first-order valence-electron chi connectivity index (χ1n) is 14.5. The number of aromatic nitrogens is 2. The van der Waals surface area contributed by atoms with Crippen molar-refractivity contribution in [3.05, 3.63) is 59.2 Å². The van der Waals surface area contributed by atoms with Crippen LogP contribution in [0.4, 0.5) is 26.7 Å². The molecular formula is C30H29F5N6O4. The van der Waals surface area contributed by atoms with E-state index in [1.54, 1.807) is 18.2 Å². The average molecular weight is 633 g/mol. The number of nitrogens with one attached hydrogen (secondary N) is 2. The molecule has 3 heterocycles. The molecule has 2 aromatic heterocycles. The summed E-state index contributed by atoms with van der Waals surface area (Å²) in [4.78, 5) is 35.0. The third-order valence-electron chi connectivity index (χ3n) is 8.63. The van der Waals surface area contributed by atoms with Crippen LogP contribution in [-0.4, -0.2) is 59.3 Å². The minimum absolute atomic E-state index is 0.0262. The lowest BCUT2D eigenvalue weighted by Crippen LogP contribution is -2.43. The van der Waals surface area contributed by atoms with E-state index in [0.29, 0.717) is 5.56 Å². The number of amides is 3. The van der Waals surface area contributed by atoms with E-state index in [9.17, 15) is 22.8 Å². The molecule has 1 aliphatic heterocycles. The summed E-state index contributed by atoms with van der Waals surface area (Å²) in [5, 5.41) is 13.6. The van der Waals surface area contributed by atoms with Crippen LogP contribution in [0.3, 0.4) is 0 Å². The number of alkyl halides is 5. The predicted molar refractivity (Wildman–Crippen MR) is 146 cm³/mol. The maximum Gasteiger partial charge on any atom is 0.410 e. The Hall–Kier alpha value is -4.32. The van der Waals surface area contributed by atoms with Crippen molar-refractivity contribution in [3.63, 3.8) is 0 Å². The van der Waals surface area contributed by atoms with E-state index >= 15 is 8.78 Å². The molecule has 1 saturated heterocycles. The summed E-state index contributed by atoms with van der Waals surface area (Å²) < 4.78 is 82.1. The number of rotatable bonds is 11. The van der Waals surface area contributed by atoms with E-state index in [0.717, 1.165) is 49.0 Å². The summed E-state index contributed by atoms with van der Waals surface area (Å²) in [5.41, 5.74) is 0.133. The molecule has 3 aromatic rings. The number of ether oxygens (including phenoxy) is 1. The lowest BCUT2D eigenvalue weighted by molar-refractivity contribution is -0.150. The quantitative estimate of drug-likeness (QED) is 0.280. The van der Waals surface area contributed by atoms with E-state index in [1.165, 1.54) is 13.2 Å². The van der Waals surface area contributed by atoms with Crippen molar-refractivity contribution in [3.8, 4) is 6.07 Å². The van der Waals surface area contributed by atoms with Crippen molar-refractivity contribution in [2.24, 2.45) is 17.8 Å². The number of halogens is 5. The zero-order chi connectivity index (χ0) is 32.1. The van der Waals surface area contributed by atoms with Crippen molar-refractivity contribution in [2.45, 2.75) is 55.9 Å². The Kier molecular flexibility index (Phi) is 7.88. The monoisotopic (exact) mass is 632 g/mol. The van der Waals surface area contributed by atoms with Crippen molar-refractivity contribution in [1.82, 2.24) is 25.5 Å². The molecule has 45 heavy (non-hydrogen) atoms. The average Bonchev–Trinajstić information content (AvgIpc) is 3.94. The van der Waals surface area contributed by atoms with Gasteiger partial charge in [-0.2, -0.15) is 27.2 Å². The molecule has 2 aliphatic carbocycles. The molecule has 3 aliphatic rings. The standard InChI is InChI=1S/C30H29F5N6O4/c1-44-14-21(41-13-23(30(33,34)35)39-28(41)43)18-6-7-22-20(9-18)38-26(45-22)25(24(16-2-3-16)17-4-5-17)40-27(42)29(31,32)19-8-15(10-36)11-37-12-19/h6-9,11-12,16-17,21,23-25H,2-5,13-14H2,1H3,(H,39,43)(H,40,42)/t21-,23+,25+/m1/s1. The SMILES string of the molecule is COC[C@H](c1ccc2oc([C@@H](NC(=O)C(F)(F)c3cncc(C#N)c3)C(C3CC3)C3CC3)nc2c1)N1C[C@@H](C(F)(F)F)NC1=O. The number of oxazole rings is 1. The maximum absolute atomic E-state index is 15.4. The maximum atomic E-state index is 15.4. The predicted octanol–water partition coefficient (Wildman–Crippen LogP) is 5.12. The van der Waals surface area contributed by atoms with Gasteiger partial charge in [-0.05, 0) is 67.2 Å². The molecule has 3 amide bonds. The van der Waals surface area contributed by atoms with Gasteiger partial charge in [0.2, 0.25) is 5.89 Å². The first-order valence-corrected chi connectivity index (χ1v) is 14.5. The first kappa shape index (κ1) is 30.7. The fraction of sp³-hybridized carbons (Fsp3) is 0.500. The van der Waals surface area contributed by atoms with Crippen molar-refractivity contribution in [1.29, 1.82) is 5.26 Å². The molecule has 2 saturated carbocycles. The Balaban J connectivity index is 1.32. The van der Waals surface area contributed by atoms with Crippen LogP contribution in [0.1, 0.15) is 60.3 Å². The number of hydrogen-bond donors (Lipinski definition) is 2. The van der Waals surface area contributed by atoms with Crippen LogP contribution in [0.15, 0.2) is 41.1 Å². The van der Waals surface area contributed by atoms with Gasteiger partial charge in [0.15, 0.2) is 5.58 Å². The highest BCUT2D eigenvalue weighted by Crippen LogP contribution is 2.54. The smallest absolute Gasteiger partial charge is 0.410 e. The summed E-state index contributed by atoms with van der Waals surface area (Å²) >= 11 is 0. The van der Waals surface area contributed by atoms with Gasteiger partial charge in [0, 0.05) is 19.5 Å². The summed E-state index contributed by atoms with van der Waals surface area (Å²) in [5.74, 6) is -5.39. The molecule has 3 fully saturated rings. The van der Waals surface area contributed by atoms with Crippen LogP contribution in [0.25, 0.3) is 11.1 Å². The minimum Gasteiger partial charge on any atom is -0.438 e. The van der Waals surface area contributed by atoms with Crippen molar-refractivity contribution >= 4 is 23.0 Å². The van der Waals surface area contributed by atoms with Gasteiger partial charge in [0.1, 0.15) is 23.7 Å². The Morgan fingerprint density at radius 1 is 1.18 bits per heavy atom. The Morgan fingerprint density at radius 2 is 1.89 bits per heavy atom. The fourth-order valence-electron chi connectivity index (χ4n) is 6.09. The van der Waals surface area contributed by atoms with Crippen LogP contribution >= 0.6 is 0 Å². The Bertz CT molecular complexity index is 1640. The topological polar surface area (TPSA) is 133 Å². The molecule has 2 N–H and O–H groups in total. The second kappa shape index (κ2) is 11.6. The van der Waals surface area contributed by atoms with Gasteiger partial charge in [-0.15, -0.1) is 0 Å². The molecule has 3 atom stereocenters. The van der Waals surface area contributed by atoms with Crippen LogP contribution in [0, 0.1) is 29.1 Å². The number of methoxy groups -OCH3 is 1. The Labute approximate surface area is 253 Å². The van der Waals surface area contributed by atoms with E-state index in [1.807, 2.05) is 5.32 Å². The number of urea groups is 1. The van der Waals surface area contributed by atoms with Crippen LogP contribution in [0.2, 0.25) is 0 Å². The fourth-order valence-corrected chi connectivity index (χ4v) is 6.09. The van der Waals surface area contributed by atoms with Gasteiger partial charge in [-0.25, -0.2) is 9.78 Å². The lowest BCUT2D eigenvalue weighted by Gasteiger charge is -2.27. The zero-order valence-electron chi connectivity index (χ0n) is 24.0. The van der Waals surface area contributed by atoms with Crippen LogP contribution in [0.5, 0.6) is 0 Å². The summed E-state index contributed by atoms with van der Waals surface area (Å²) in [7, 11) is 1.36. The Morgan fingerprint density at radius 3 is 2.49 bits per heavy atom. The van der Waals surface area contributed by atoms with E-state index in [2.05, 4.69) is 15.3 Å². The largest absolute Gasteiger partial charge is 0.438 e. The highest BCUT2D eigenvalue weighted by atomic mass is 19.4. The minimum atomic E-state index is -4.63. The number of fused-ring (bicyclic) bond motifs is 1. The summed E-state index contributed by atoms with van der Waals surface area (Å²) in [6.45, 7) is -0.715. The third-order valence-corrected chi connectivity index (χ3v) is 8.63. The van der Waals surface area contributed by atoms with E-state index in [4.69, 9.17) is 14.4 Å². The van der Waals surface area contributed by atoms with E-state index < -0.39 is 54.3 Å². The van der Waals surface area contributed by atoms with Gasteiger partial charge in [-0.3, -0.25) is 9.78 Å². The second-order valence-corrected chi connectivity index (χ2v) is 11.8. The molecule has 0 radical (unpaired) electrons. The van der Waals surface area contributed by atoms with Crippen molar-refractivity contribution < 1.29 is 40.7 Å².